The van der Waals surface area contributed by atoms with Crippen molar-refractivity contribution in [2.24, 2.45) is 0 Å². The molecule has 7 nitrogen and oxygen atoms in total. The van der Waals surface area contributed by atoms with Gasteiger partial charge >= 0.3 is 161 Å². The summed E-state index contributed by atoms with van der Waals surface area (Å²) in [6, 6.07) is 0. The van der Waals surface area contributed by atoms with E-state index in [1.165, 1.54) is 0 Å². The number of alkyl halides is 42. The van der Waals surface area contributed by atoms with Crippen molar-refractivity contribution in [2.75, 3.05) is 0 Å². The van der Waals surface area contributed by atoms with Crippen LogP contribution in [0.15, 0.2) is 0 Å². The topological polar surface area (TPSA) is 110 Å². The van der Waals surface area contributed by atoms with Crippen molar-refractivity contribution in [2.45, 2.75) is 137 Å². The van der Waals surface area contributed by atoms with Gasteiger partial charge in [0.05, 0.1) is 0 Å². The first-order chi connectivity index (χ1) is 31.6. The second-order valence-corrected chi connectivity index (χ2v) is 15.2. The molecule has 0 rings (SSSR count). The predicted molar refractivity (Wildman–Crippen MR) is 136 cm³/mol. The molecule has 0 amide bonds. The summed E-state index contributed by atoms with van der Waals surface area (Å²) in [6.45, 7) is 0. The van der Waals surface area contributed by atoms with Crippen LogP contribution < -0.4 is 29.6 Å². The molecule has 0 aromatic carbocycles. The first-order valence-corrected chi connectivity index (χ1v) is 17.4. The SMILES string of the molecule is O=C(CCC(C(=O)OC(F)(F)C(F)(F)C(F)(F)C(F)(F)C(F)(F)C(F)(F)C(F)(F)C(F)(F)C(F)(F)C(F)(F)F)S(=O)(=O)[O-])OC(F)(F)C(F)(F)C(F)(F)C(F)(F)C(F)(F)C(F)(F)C(F)(F)C(F)(F)C(F)(F)C(F)(F)F.[Na+]. The van der Waals surface area contributed by atoms with E-state index in [0.29, 0.717) is 0 Å². The van der Waals surface area contributed by atoms with Crippen molar-refractivity contribution in [1.29, 1.82) is 0 Å². The summed E-state index contributed by atoms with van der Waals surface area (Å²) in [4.78, 5) is 23.2. The zero-order valence-electron chi connectivity index (χ0n) is 33.1. The van der Waals surface area contributed by atoms with Gasteiger partial charge in [0, 0.05) is 6.42 Å². The molecule has 1 atom stereocenters. The van der Waals surface area contributed by atoms with E-state index in [4.69, 9.17) is 0 Å². The third-order valence-electron chi connectivity index (χ3n) is 8.66. The molecule has 0 fully saturated rings. The van der Waals surface area contributed by atoms with E-state index in [2.05, 4.69) is 0 Å². The van der Waals surface area contributed by atoms with Crippen LogP contribution in [0.2, 0.25) is 0 Å². The standard InChI is InChI=1S/C25H6F42O7S.Na/c26-6(27,10(34,35)14(42,43)18(50,51)22(58,59)60)8(30,31)12(38,39)16(46,47)20(54,55)24(64,65)73-4(68)2-1-3(75(70,71)72)5(69)74-25(66,67)21(56,57)17(48,49)13(40,41)9(32,33)7(28,29)11(36,37)15(44,45)19(52,53)23(61,62)63;/h3H,1-2H2,(H,70,71,72);/q;+1/p-1. The molecule has 0 bridgehead atoms. The molecule has 51 heteroatoms. The van der Waals surface area contributed by atoms with Crippen LogP contribution >= 0.6 is 0 Å². The minimum Gasteiger partial charge on any atom is -0.747 e. The van der Waals surface area contributed by atoms with Crippen LogP contribution in [-0.4, -0.2) is 149 Å². The van der Waals surface area contributed by atoms with Gasteiger partial charge in [-0.25, -0.2) is 8.42 Å². The molecular formula is C25H5F42NaO7S. The molecule has 76 heavy (non-hydrogen) atoms. The summed E-state index contributed by atoms with van der Waals surface area (Å²) in [5.74, 6) is -161. The number of halogens is 42. The van der Waals surface area contributed by atoms with Crippen LogP contribution in [-0.2, 0) is 29.2 Å². The summed E-state index contributed by atoms with van der Waals surface area (Å²) in [6.07, 6.45) is -40.8. The number of carbonyl (C=O) groups is 2. The fraction of sp³-hybridized carbons (Fsp3) is 0.920. The fourth-order valence-corrected chi connectivity index (χ4v) is 4.92. The van der Waals surface area contributed by atoms with Gasteiger partial charge in [0.1, 0.15) is 15.4 Å². The van der Waals surface area contributed by atoms with Gasteiger partial charge < -0.3 is 14.0 Å². The molecule has 0 saturated heterocycles. The molecule has 0 radical (unpaired) electrons. The van der Waals surface area contributed by atoms with E-state index in [1.54, 1.807) is 4.74 Å². The van der Waals surface area contributed by atoms with Crippen LogP contribution in [0.1, 0.15) is 12.8 Å². The largest absolute Gasteiger partial charge is 1.00 e. The van der Waals surface area contributed by atoms with E-state index in [1.807, 2.05) is 4.74 Å². The van der Waals surface area contributed by atoms with Gasteiger partial charge in [-0.05, 0) is 6.42 Å². The Morgan fingerprint density at radius 1 is 0.316 bits per heavy atom. The normalized spacial score (nSPS) is 16.8. The van der Waals surface area contributed by atoms with Crippen LogP contribution in [0.5, 0.6) is 0 Å². The van der Waals surface area contributed by atoms with Crippen LogP contribution in [0.25, 0.3) is 0 Å². The van der Waals surface area contributed by atoms with Crippen LogP contribution in [0, 0.1) is 0 Å². The third-order valence-corrected chi connectivity index (χ3v) is 9.78. The van der Waals surface area contributed by atoms with Gasteiger partial charge in [0.15, 0.2) is 0 Å². The molecule has 0 spiro atoms. The van der Waals surface area contributed by atoms with Gasteiger partial charge in [-0.2, -0.15) is 184 Å². The van der Waals surface area contributed by atoms with Crippen molar-refractivity contribution in [3.05, 3.63) is 0 Å². The average molecular weight is 1270 g/mol. The number of rotatable bonds is 23. The molecule has 0 aliphatic rings. The second-order valence-electron chi connectivity index (χ2n) is 13.6. The van der Waals surface area contributed by atoms with E-state index in [9.17, 15) is 207 Å². The Morgan fingerprint density at radius 2 is 0.487 bits per heavy atom. The van der Waals surface area contributed by atoms with E-state index in [-0.39, 0.29) is 29.6 Å². The molecule has 448 valence electrons. The summed E-state index contributed by atoms with van der Waals surface area (Å²) in [7, 11) is -7.62. The fourth-order valence-electron chi connectivity index (χ4n) is 4.23. The maximum absolute atomic E-state index is 14.1. The first kappa shape index (κ1) is 75.0. The van der Waals surface area contributed by atoms with Crippen LogP contribution in [0.4, 0.5) is 184 Å². The van der Waals surface area contributed by atoms with Crippen molar-refractivity contribution in [3.63, 3.8) is 0 Å². The van der Waals surface area contributed by atoms with Gasteiger partial charge in [-0.1, -0.05) is 0 Å². The molecule has 0 aromatic rings. The Kier molecular flexibility index (Phi) is 19.3. The summed E-state index contributed by atoms with van der Waals surface area (Å²) in [5.41, 5.74) is 0. The van der Waals surface area contributed by atoms with Gasteiger partial charge in [-0.3, -0.25) is 9.59 Å². The third kappa shape index (κ3) is 10.2. The van der Waals surface area contributed by atoms with E-state index >= 15 is 0 Å². The number of ether oxygens (including phenoxy) is 2. The Labute approximate surface area is 405 Å². The van der Waals surface area contributed by atoms with Crippen molar-refractivity contribution >= 4 is 22.1 Å². The van der Waals surface area contributed by atoms with E-state index in [0.717, 1.165) is 0 Å². The predicted octanol–water partition coefficient (Wildman–Crippen LogP) is 9.25. The van der Waals surface area contributed by atoms with Gasteiger partial charge in [-0.15, -0.1) is 0 Å². The van der Waals surface area contributed by atoms with Crippen LogP contribution in [0.3, 0.4) is 0 Å². The Morgan fingerprint density at radius 3 is 0.671 bits per heavy atom. The summed E-state index contributed by atoms with van der Waals surface area (Å²) < 4.78 is 603. The van der Waals surface area contributed by atoms with Crippen molar-refractivity contribution < 1.29 is 246 Å². The van der Waals surface area contributed by atoms with Crippen molar-refractivity contribution in [3.8, 4) is 0 Å². The molecule has 0 saturated carbocycles. The average Bonchev–Trinajstić information content (AvgIpc) is 3.14. The molecule has 0 aliphatic heterocycles. The minimum atomic E-state index is -9.89. The van der Waals surface area contributed by atoms with Crippen molar-refractivity contribution in [1.82, 2.24) is 0 Å². The molecule has 1 unspecified atom stereocenters. The zero-order valence-corrected chi connectivity index (χ0v) is 35.9. The number of hydrogen-bond acceptors (Lipinski definition) is 7. The number of carbonyl (C=O) groups excluding carboxylic acids is 2. The minimum absolute atomic E-state index is 0. The Bertz CT molecular complexity index is 2230. The molecule has 0 aliphatic carbocycles. The van der Waals surface area contributed by atoms with Gasteiger partial charge in [0.25, 0.3) is 0 Å². The molecule has 0 N–H and O–H groups in total. The maximum atomic E-state index is 14.1. The second kappa shape index (κ2) is 19.6. The molecule has 0 heterocycles. The molecule has 0 aromatic heterocycles. The monoisotopic (exact) mass is 1270 g/mol. The first-order valence-electron chi connectivity index (χ1n) is 15.9. The quantitative estimate of drug-likeness (QED) is 0.0435. The zero-order chi connectivity index (χ0) is 62.1. The Balaban J connectivity index is 0. The van der Waals surface area contributed by atoms with Gasteiger partial charge in [0.2, 0.25) is 0 Å². The summed E-state index contributed by atoms with van der Waals surface area (Å²) in [5, 5.41) is -5.10. The maximum Gasteiger partial charge on any atom is 1.00 e. The molecular weight excluding hydrogens is 1270 g/mol. The smallest absolute Gasteiger partial charge is 0.747 e. The van der Waals surface area contributed by atoms with E-state index < -0.39 is 159 Å². The number of hydrogen-bond donors (Lipinski definition) is 0. The summed E-state index contributed by atoms with van der Waals surface area (Å²) >= 11 is 0. The number of esters is 2. The Hall–Kier alpha value is -3.09.